The average molecular weight is 340 g/mol. The van der Waals surface area contributed by atoms with Crippen LogP contribution in [0.25, 0.3) is 0 Å². The summed E-state index contributed by atoms with van der Waals surface area (Å²) in [6.45, 7) is 0.373. The van der Waals surface area contributed by atoms with Crippen molar-refractivity contribution in [2.45, 2.75) is 6.54 Å². The number of benzene rings is 2. The van der Waals surface area contributed by atoms with Crippen molar-refractivity contribution in [3.63, 3.8) is 0 Å². The molecule has 3 N–H and O–H groups in total. The van der Waals surface area contributed by atoms with Gasteiger partial charge in [-0.05, 0) is 45.8 Å². The Morgan fingerprint density at radius 1 is 1.26 bits per heavy atom. The second kappa shape index (κ2) is 6.19. The van der Waals surface area contributed by atoms with Gasteiger partial charge in [0.25, 0.3) is 5.91 Å². The summed E-state index contributed by atoms with van der Waals surface area (Å²) in [4.78, 5) is 12.2. The van der Waals surface area contributed by atoms with Gasteiger partial charge in [0, 0.05) is 21.7 Å². The second-order valence-electron chi connectivity index (χ2n) is 3.94. The summed E-state index contributed by atoms with van der Waals surface area (Å²) in [5.74, 6) is -0.204. The number of nitrogens with one attached hydrogen (secondary N) is 1. The SMILES string of the molecule is NCc1ccccc1NC(=O)c1ccc(Cl)cc1Br. The Hall–Kier alpha value is -1.36. The third-order valence-corrected chi connectivity index (χ3v) is 3.55. The quantitative estimate of drug-likeness (QED) is 0.893. The average Bonchev–Trinajstić information content (AvgIpc) is 2.39. The van der Waals surface area contributed by atoms with Gasteiger partial charge in [-0.25, -0.2) is 0 Å². The Morgan fingerprint density at radius 3 is 2.68 bits per heavy atom. The van der Waals surface area contributed by atoms with Crippen molar-refractivity contribution in [1.82, 2.24) is 0 Å². The first kappa shape index (κ1) is 14.1. The minimum absolute atomic E-state index is 0.204. The first-order chi connectivity index (χ1) is 9.11. The lowest BCUT2D eigenvalue weighted by Crippen LogP contribution is -2.14. The van der Waals surface area contributed by atoms with Gasteiger partial charge in [-0.15, -0.1) is 0 Å². The lowest BCUT2D eigenvalue weighted by molar-refractivity contribution is 0.102. The van der Waals surface area contributed by atoms with Gasteiger partial charge in [0.1, 0.15) is 0 Å². The number of amides is 1. The van der Waals surface area contributed by atoms with Crippen LogP contribution in [0.4, 0.5) is 5.69 Å². The van der Waals surface area contributed by atoms with Crippen LogP contribution in [0.2, 0.25) is 5.02 Å². The molecule has 98 valence electrons. The predicted molar refractivity (Wildman–Crippen MR) is 81.4 cm³/mol. The van der Waals surface area contributed by atoms with Gasteiger partial charge in [-0.2, -0.15) is 0 Å². The Kier molecular flexibility index (Phi) is 4.58. The van der Waals surface area contributed by atoms with E-state index >= 15 is 0 Å². The van der Waals surface area contributed by atoms with E-state index in [1.54, 1.807) is 18.2 Å². The van der Waals surface area contributed by atoms with Crippen LogP contribution in [-0.4, -0.2) is 5.91 Å². The summed E-state index contributed by atoms with van der Waals surface area (Å²) in [6.07, 6.45) is 0. The monoisotopic (exact) mass is 338 g/mol. The Labute approximate surface area is 124 Å². The summed E-state index contributed by atoms with van der Waals surface area (Å²) in [6, 6.07) is 12.5. The molecule has 0 bridgehead atoms. The van der Waals surface area contributed by atoms with Crippen LogP contribution in [-0.2, 0) is 6.54 Å². The minimum atomic E-state index is -0.204. The third kappa shape index (κ3) is 3.35. The molecule has 0 aliphatic heterocycles. The minimum Gasteiger partial charge on any atom is -0.326 e. The number of hydrogen-bond acceptors (Lipinski definition) is 2. The maximum Gasteiger partial charge on any atom is 0.256 e. The first-order valence-electron chi connectivity index (χ1n) is 5.66. The number of halogens is 2. The summed E-state index contributed by atoms with van der Waals surface area (Å²) < 4.78 is 0.655. The molecule has 2 rings (SSSR count). The van der Waals surface area contributed by atoms with Crippen LogP contribution in [0.5, 0.6) is 0 Å². The zero-order valence-electron chi connectivity index (χ0n) is 9.99. The molecule has 0 aromatic heterocycles. The third-order valence-electron chi connectivity index (χ3n) is 2.66. The normalized spacial score (nSPS) is 10.3. The van der Waals surface area contributed by atoms with E-state index in [1.807, 2.05) is 24.3 Å². The highest BCUT2D eigenvalue weighted by molar-refractivity contribution is 9.10. The van der Waals surface area contributed by atoms with E-state index in [9.17, 15) is 4.79 Å². The molecule has 0 radical (unpaired) electrons. The molecule has 0 spiro atoms. The molecule has 3 nitrogen and oxygen atoms in total. The topological polar surface area (TPSA) is 55.1 Å². The maximum absolute atomic E-state index is 12.2. The lowest BCUT2D eigenvalue weighted by Gasteiger charge is -2.10. The predicted octanol–water partition coefficient (Wildman–Crippen LogP) is 3.81. The van der Waals surface area contributed by atoms with E-state index in [0.717, 1.165) is 11.3 Å². The molecule has 0 heterocycles. The highest BCUT2D eigenvalue weighted by Crippen LogP contribution is 2.23. The van der Waals surface area contributed by atoms with Gasteiger partial charge in [0.05, 0.1) is 5.56 Å². The molecular formula is C14H12BrClN2O. The number of hydrogen-bond donors (Lipinski definition) is 2. The lowest BCUT2D eigenvalue weighted by atomic mass is 10.1. The molecule has 0 fully saturated rings. The van der Waals surface area contributed by atoms with E-state index in [4.69, 9.17) is 17.3 Å². The van der Waals surface area contributed by atoms with Gasteiger partial charge in [0.15, 0.2) is 0 Å². The number of carbonyl (C=O) groups is 1. The number of para-hydroxylation sites is 1. The van der Waals surface area contributed by atoms with E-state index in [-0.39, 0.29) is 5.91 Å². The van der Waals surface area contributed by atoms with Crippen molar-refractivity contribution in [1.29, 1.82) is 0 Å². The molecule has 5 heteroatoms. The number of rotatable bonds is 3. The molecule has 19 heavy (non-hydrogen) atoms. The van der Waals surface area contributed by atoms with Crippen molar-refractivity contribution in [2.75, 3.05) is 5.32 Å². The molecule has 0 unspecified atom stereocenters. The van der Waals surface area contributed by atoms with Crippen LogP contribution in [0, 0.1) is 0 Å². The van der Waals surface area contributed by atoms with Gasteiger partial charge < -0.3 is 11.1 Å². The molecule has 0 aliphatic carbocycles. The molecule has 0 aliphatic rings. The van der Waals surface area contributed by atoms with E-state index < -0.39 is 0 Å². The van der Waals surface area contributed by atoms with Crippen molar-refractivity contribution in [3.8, 4) is 0 Å². The molecule has 1 amide bonds. The fourth-order valence-corrected chi connectivity index (χ4v) is 2.55. The zero-order chi connectivity index (χ0) is 13.8. The smallest absolute Gasteiger partial charge is 0.256 e. The standard InChI is InChI=1S/C14H12BrClN2O/c15-12-7-10(16)5-6-11(12)14(19)18-13-4-2-1-3-9(13)8-17/h1-7H,8,17H2,(H,18,19). The van der Waals surface area contributed by atoms with Crippen molar-refractivity contribution < 1.29 is 4.79 Å². The van der Waals surface area contributed by atoms with E-state index in [1.165, 1.54) is 0 Å². The summed E-state index contributed by atoms with van der Waals surface area (Å²) in [7, 11) is 0. The second-order valence-corrected chi connectivity index (χ2v) is 5.23. The summed E-state index contributed by atoms with van der Waals surface area (Å²) in [5, 5.41) is 3.42. The van der Waals surface area contributed by atoms with Crippen LogP contribution in [0.1, 0.15) is 15.9 Å². The van der Waals surface area contributed by atoms with Crippen LogP contribution in [0.15, 0.2) is 46.9 Å². The number of nitrogens with two attached hydrogens (primary N) is 1. The van der Waals surface area contributed by atoms with Gasteiger partial charge >= 0.3 is 0 Å². The van der Waals surface area contributed by atoms with Crippen LogP contribution in [0.3, 0.4) is 0 Å². The Morgan fingerprint density at radius 2 is 2.00 bits per heavy atom. The number of anilines is 1. The molecule has 2 aromatic carbocycles. The molecule has 0 atom stereocenters. The largest absolute Gasteiger partial charge is 0.326 e. The zero-order valence-corrected chi connectivity index (χ0v) is 12.3. The molecule has 0 saturated heterocycles. The maximum atomic E-state index is 12.2. The van der Waals surface area contributed by atoms with Crippen molar-refractivity contribution in [3.05, 3.63) is 63.1 Å². The molecular weight excluding hydrogens is 328 g/mol. The fourth-order valence-electron chi connectivity index (χ4n) is 1.68. The van der Waals surface area contributed by atoms with Gasteiger partial charge in [0.2, 0.25) is 0 Å². The van der Waals surface area contributed by atoms with Crippen LogP contribution < -0.4 is 11.1 Å². The highest BCUT2D eigenvalue weighted by Gasteiger charge is 2.11. The highest BCUT2D eigenvalue weighted by atomic mass is 79.9. The van der Waals surface area contributed by atoms with Crippen LogP contribution >= 0.6 is 27.5 Å². The summed E-state index contributed by atoms with van der Waals surface area (Å²) in [5.41, 5.74) is 7.77. The molecule has 2 aromatic rings. The summed E-state index contributed by atoms with van der Waals surface area (Å²) >= 11 is 9.18. The van der Waals surface area contributed by atoms with Crippen molar-refractivity contribution >= 4 is 39.1 Å². The number of carbonyl (C=O) groups excluding carboxylic acids is 1. The fraction of sp³-hybridized carbons (Fsp3) is 0.0714. The van der Waals surface area contributed by atoms with Gasteiger partial charge in [-0.3, -0.25) is 4.79 Å². The first-order valence-corrected chi connectivity index (χ1v) is 6.83. The van der Waals surface area contributed by atoms with E-state index in [0.29, 0.717) is 21.6 Å². The van der Waals surface area contributed by atoms with E-state index in [2.05, 4.69) is 21.2 Å². The van der Waals surface area contributed by atoms with Crippen molar-refractivity contribution in [2.24, 2.45) is 5.73 Å². The Balaban J connectivity index is 2.26. The van der Waals surface area contributed by atoms with Gasteiger partial charge in [-0.1, -0.05) is 29.8 Å². The Bertz CT molecular complexity index is 616. The molecule has 0 saturated carbocycles.